The lowest BCUT2D eigenvalue weighted by Gasteiger charge is -2.19. The molecule has 1 heterocycles. The standard InChI is InChI=1S/C13H13ClFNO2S/c1-13(2,3)18-12(17)16-11-10(14)8-5-4-7(15)6-9(8)19-11/h4-6H,1-3H3,(H,16,17). The van der Waals surface area contributed by atoms with Gasteiger partial charge in [-0.2, -0.15) is 0 Å². The Balaban J connectivity index is 2.26. The molecule has 0 radical (unpaired) electrons. The Morgan fingerprint density at radius 3 is 2.74 bits per heavy atom. The Kier molecular flexibility index (Phi) is 3.69. The number of nitrogens with one attached hydrogen (secondary N) is 1. The third kappa shape index (κ3) is 3.36. The largest absolute Gasteiger partial charge is 0.444 e. The van der Waals surface area contributed by atoms with E-state index in [4.69, 9.17) is 16.3 Å². The van der Waals surface area contributed by atoms with Crippen LogP contribution in [0, 0.1) is 5.82 Å². The van der Waals surface area contributed by atoms with Gasteiger partial charge in [0, 0.05) is 10.1 Å². The molecule has 19 heavy (non-hydrogen) atoms. The minimum atomic E-state index is -0.584. The van der Waals surface area contributed by atoms with Crippen LogP contribution in [0.3, 0.4) is 0 Å². The van der Waals surface area contributed by atoms with E-state index in [1.54, 1.807) is 26.8 Å². The zero-order valence-electron chi connectivity index (χ0n) is 10.7. The van der Waals surface area contributed by atoms with Crippen molar-refractivity contribution in [3.63, 3.8) is 0 Å². The Morgan fingerprint density at radius 2 is 2.11 bits per heavy atom. The van der Waals surface area contributed by atoms with Crippen LogP contribution in [0.25, 0.3) is 10.1 Å². The van der Waals surface area contributed by atoms with Gasteiger partial charge in [-0.05, 0) is 39.0 Å². The van der Waals surface area contributed by atoms with Gasteiger partial charge in [0.25, 0.3) is 0 Å². The van der Waals surface area contributed by atoms with Gasteiger partial charge >= 0.3 is 6.09 Å². The van der Waals surface area contributed by atoms with Gasteiger partial charge in [-0.3, -0.25) is 5.32 Å². The van der Waals surface area contributed by atoms with Gasteiger partial charge in [-0.25, -0.2) is 9.18 Å². The zero-order valence-corrected chi connectivity index (χ0v) is 12.3. The Bertz CT molecular complexity index is 633. The molecule has 0 aliphatic rings. The van der Waals surface area contributed by atoms with Crippen molar-refractivity contribution in [1.82, 2.24) is 0 Å². The van der Waals surface area contributed by atoms with Crippen molar-refractivity contribution < 1.29 is 13.9 Å². The number of rotatable bonds is 1. The predicted molar refractivity (Wildman–Crippen MR) is 76.6 cm³/mol. The lowest BCUT2D eigenvalue weighted by Crippen LogP contribution is -2.27. The molecule has 1 N–H and O–H groups in total. The van der Waals surface area contributed by atoms with E-state index in [1.807, 2.05) is 0 Å². The molecule has 0 bridgehead atoms. The Hall–Kier alpha value is -1.33. The maximum absolute atomic E-state index is 13.1. The fourth-order valence-electron chi connectivity index (χ4n) is 1.52. The lowest BCUT2D eigenvalue weighted by atomic mass is 10.2. The molecule has 0 unspecified atom stereocenters. The molecule has 1 aromatic heterocycles. The summed E-state index contributed by atoms with van der Waals surface area (Å²) >= 11 is 7.35. The summed E-state index contributed by atoms with van der Waals surface area (Å²) in [6.07, 6.45) is -0.582. The molecule has 1 aromatic carbocycles. The van der Waals surface area contributed by atoms with E-state index in [0.29, 0.717) is 20.1 Å². The Morgan fingerprint density at radius 1 is 1.42 bits per heavy atom. The first kappa shape index (κ1) is 14.1. The van der Waals surface area contributed by atoms with Crippen LogP contribution in [0.5, 0.6) is 0 Å². The molecule has 0 saturated carbocycles. The summed E-state index contributed by atoms with van der Waals surface area (Å²) in [4.78, 5) is 11.7. The van der Waals surface area contributed by atoms with E-state index in [2.05, 4.69) is 5.32 Å². The van der Waals surface area contributed by atoms with Crippen LogP contribution >= 0.6 is 22.9 Å². The molecular weight excluding hydrogens is 289 g/mol. The Labute approximate surface area is 119 Å². The smallest absolute Gasteiger partial charge is 0.412 e. The van der Waals surface area contributed by atoms with Gasteiger partial charge in [-0.1, -0.05) is 11.6 Å². The summed E-state index contributed by atoms with van der Waals surface area (Å²) in [6, 6.07) is 4.30. The quantitative estimate of drug-likeness (QED) is 0.801. The van der Waals surface area contributed by atoms with Crippen molar-refractivity contribution >= 4 is 44.1 Å². The molecular formula is C13H13ClFNO2S. The van der Waals surface area contributed by atoms with E-state index in [0.717, 1.165) is 0 Å². The van der Waals surface area contributed by atoms with E-state index >= 15 is 0 Å². The van der Waals surface area contributed by atoms with Gasteiger partial charge in [-0.15, -0.1) is 11.3 Å². The highest BCUT2D eigenvalue weighted by atomic mass is 35.5. The SMILES string of the molecule is CC(C)(C)OC(=O)Nc1sc2cc(F)ccc2c1Cl. The number of hydrogen-bond acceptors (Lipinski definition) is 3. The first-order valence-corrected chi connectivity index (χ1v) is 6.83. The molecule has 2 rings (SSSR count). The van der Waals surface area contributed by atoms with Gasteiger partial charge < -0.3 is 4.74 Å². The number of thiophene rings is 1. The molecule has 1 amide bonds. The van der Waals surface area contributed by atoms with Crippen molar-refractivity contribution in [3.8, 4) is 0 Å². The van der Waals surface area contributed by atoms with Crippen LogP contribution in [0.1, 0.15) is 20.8 Å². The molecule has 0 spiro atoms. The maximum Gasteiger partial charge on any atom is 0.412 e. The highest BCUT2D eigenvalue weighted by Crippen LogP contribution is 2.39. The van der Waals surface area contributed by atoms with E-state index in [1.165, 1.54) is 23.5 Å². The summed E-state index contributed by atoms with van der Waals surface area (Å²) in [7, 11) is 0. The first-order valence-electron chi connectivity index (χ1n) is 5.64. The summed E-state index contributed by atoms with van der Waals surface area (Å²) in [5, 5.41) is 4.14. The van der Waals surface area contributed by atoms with Crippen molar-refractivity contribution in [2.24, 2.45) is 0 Å². The minimum Gasteiger partial charge on any atom is -0.444 e. The first-order chi connectivity index (χ1) is 8.76. The van der Waals surface area contributed by atoms with Crippen molar-refractivity contribution in [1.29, 1.82) is 0 Å². The van der Waals surface area contributed by atoms with Gasteiger partial charge in [0.05, 0.1) is 5.02 Å². The summed E-state index contributed by atoms with van der Waals surface area (Å²) in [6.45, 7) is 5.32. The topological polar surface area (TPSA) is 38.3 Å². The number of carbonyl (C=O) groups excluding carboxylic acids is 1. The molecule has 0 aliphatic heterocycles. The second-order valence-corrected chi connectivity index (χ2v) is 6.44. The number of ether oxygens (including phenoxy) is 1. The van der Waals surface area contributed by atoms with Crippen LogP contribution in [0.2, 0.25) is 5.02 Å². The fraction of sp³-hybridized carbons (Fsp3) is 0.308. The van der Waals surface area contributed by atoms with Crippen LogP contribution in [-0.2, 0) is 4.74 Å². The molecule has 0 fully saturated rings. The van der Waals surface area contributed by atoms with Crippen molar-refractivity contribution in [2.45, 2.75) is 26.4 Å². The third-order valence-electron chi connectivity index (χ3n) is 2.21. The number of anilines is 1. The second-order valence-electron chi connectivity index (χ2n) is 5.01. The molecule has 0 aliphatic carbocycles. The van der Waals surface area contributed by atoms with Gasteiger partial charge in [0.2, 0.25) is 0 Å². The van der Waals surface area contributed by atoms with Crippen LogP contribution in [-0.4, -0.2) is 11.7 Å². The van der Waals surface area contributed by atoms with E-state index in [-0.39, 0.29) is 5.82 Å². The average molecular weight is 302 g/mol. The number of halogens is 2. The predicted octanol–water partition coefficient (Wildman–Crippen LogP) is 5.04. The minimum absolute atomic E-state index is 0.339. The fourth-order valence-corrected chi connectivity index (χ4v) is 2.90. The molecule has 2 aromatic rings. The summed E-state index contributed by atoms with van der Waals surface area (Å²) in [5.74, 6) is -0.339. The highest BCUT2D eigenvalue weighted by molar-refractivity contribution is 7.23. The highest BCUT2D eigenvalue weighted by Gasteiger charge is 2.19. The van der Waals surface area contributed by atoms with Crippen molar-refractivity contribution in [2.75, 3.05) is 5.32 Å². The van der Waals surface area contributed by atoms with Crippen LogP contribution < -0.4 is 5.32 Å². The number of benzene rings is 1. The van der Waals surface area contributed by atoms with E-state index in [9.17, 15) is 9.18 Å². The van der Waals surface area contributed by atoms with E-state index < -0.39 is 11.7 Å². The molecule has 0 atom stereocenters. The monoisotopic (exact) mass is 301 g/mol. The molecule has 3 nitrogen and oxygen atoms in total. The van der Waals surface area contributed by atoms with Gasteiger partial charge in [0.15, 0.2) is 0 Å². The van der Waals surface area contributed by atoms with Crippen LogP contribution in [0.15, 0.2) is 18.2 Å². The number of carbonyl (C=O) groups is 1. The summed E-state index contributed by atoms with van der Waals surface area (Å²) < 4.78 is 18.9. The summed E-state index contributed by atoms with van der Waals surface area (Å²) in [5.41, 5.74) is -0.584. The van der Waals surface area contributed by atoms with Crippen molar-refractivity contribution in [3.05, 3.63) is 29.0 Å². The maximum atomic E-state index is 13.1. The number of amides is 1. The van der Waals surface area contributed by atoms with Gasteiger partial charge in [0.1, 0.15) is 16.4 Å². The average Bonchev–Trinajstić information content (AvgIpc) is 2.52. The molecule has 0 saturated heterocycles. The zero-order chi connectivity index (χ0) is 14.2. The second kappa shape index (κ2) is 4.98. The molecule has 6 heteroatoms. The lowest BCUT2D eigenvalue weighted by molar-refractivity contribution is 0.0636. The third-order valence-corrected chi connectivity index (χ3v) is 3.78. The normalized spacial score (nSPS) is 11.6. The molecule has 102 valence electrons. The number of fused-ring (bicyclic) bond motifs is 1. The number of hydrogen-bond donors (Lipinski definition) is 1. The van der Waals surface area contributed by atoms with Crippen LogP contribution in [0.4, 0.5) is 14.2 Å².